The van der Waals surface area contributed by atoms with Gasteiger partial charge in [-0.15, -0.1) is 0 Å². The summed E-state index contributed by atoms with van der Waals surface area (Å²) in [6, 6.07) is 10.1. The van der Waals surface area contributed by atoms with Crippen molar-refractivity contribution >= 4 is 17.3 Å². The van der Waals surface area contributed by atoms with Gasteiger partial charge in [0.25, 0.3) is 0 Å². The zero-order chi connectivity index (χ0) is 18.6. The molecule has 0 aromatic carbocycles. The number of thiocarbonyl (C=S) groups is 1. The van der Waals surface area contributed by atoms with E-state index in [9.17, 15) is 0 Å². The second kappa shape index (κ2) is 8.37. The van der Waals surface area contributed by atoms with Crippen LogP contribution >= 0.6 is 12.2 Å². The molecule has 2 aromatic heterocycles. The molecule has 6 nitrogen and oxygen atoms in total. The molecule has 2 atom stereocenters. The van der Waals surface area contributed by atoms with Gasteiger partial charge in [0.2, 0.25) is 0 Å². The van der Waals surface area contributed by atoms with Crippen LogP contribution in [0, 0.1) is 6.92 Å². The van der Waals surface area contributed by atoms with Crippen molar-refractivity contribution in [2.24, 2.45) is 0 Å². The van der Waals surface area contributed by atoms with Crippen LogP contribution in [0.4, 0.5) is 0 Å². The third-order valence-corrected chi connectivity index (χ3v) is 5.58. The fraction of sp³-hybridized carbons (Fsp3) is 0.500. The summed E-state index contributed by atoms with van der Waals surface area (Å²) in [5.74, 6) is 1.85. The summed E-state index contributed by atoms with van der Waals surface area (Å²) in [6.07, 6.45) is 2.87. The van der Waals surface area contributed by atoms with Gasteiger partial charge in [-0.25, -0.2) is 0 Å². The van der Waals surface area contributed by atoms with Gasteiger partial charge in [-0.3, -0.25) is 9.88 Å². The Bertz CT molecular complexity index is 760. The van der Waals surface area contributed by atoms with Gasteiger partial charge in [-0.1, -0.05) is 6.07 Å². The standard InChI is InChI=1S/C20H26N4O2S/c1-15-6-7-17(26-15)19-18(16-5-2-3-8-21-16)22-20(27)24(19)10-4-9-23-11-13-25-14-12-23/h2-3,5-8,18-19H,4,9-14H2,1H3,(H,22,27)/t18-,19+/m1/s1. The molecule has 4 rings (SSSR count). The van der Waals surface area contributed by atoms with E-state index in [0.717, 1.165) is 68.1 Å². The third kappa shape index (κ3) is 4.15. The summed E-state index contributed by atoms with van der Waals surface area (Å²) in [5.41, 5.74) is 0.981. The molecule has 1 N–H and O–H groups in total. The third-order valence-electron chi connectivity index (χ3n) is 5.23. The van der Waals surface area contributed by atoms with Crippen molar-refractivity contribution in [3.63, 3.8) is 0 Å². The van der Waals surface area contributed by atoms with Gasteiger partial charge in [0.15, 0.2) is 5.11 Å². The lowest BCUT2D eigenvalue weighted by Crippen LogP contribution is -2.38. The van der Waals surface area contributed by atoms with E-state index in [2.05, 4.69) is 26.2 Å². The highest BCUT2D eigenvalue weighted by Crippen LogP contribution is 2.39. The highest BCUT2D eigenvalue weighted by atomic mass is 32.1. The lowest BCUT2D eigenvalue weighted by molar-refractivity contribution is 0.0365. The quantitative estimate of drug-likeness (QED) is 0.766. The second-order valence-corrected chi connectivity index (χ2v) is 7.46. The summed E-state index contributed by atoms with van der Waals surface area (Å²) >= 11 is 5.68. The summed E-state index contributed by atoms with van der Waals surface area (Å²) in [6.45, 7) is 7.61. The molecule has 2 saturated heterocycles. The number of hydrogen-bond donors (Lipinski definition) is 1. The van der Waals surface area contributed by atoms with Gasteiger partial charge in [0.05, 0.1) is 24.9 Å². The fourth-order valence-corrected chi connectivity index (χ4v) is 4.19. The number of pyridine rings is 1. The zero-order valence-electron chi connectivity index (χ0n) is 15.6. The molecule has 0 unspecified atom stereocenters. The van der Waals surface area contributed by atoms with Crippen molar-refractivity contribution in [2.75, 3.05) is 39.4 Å². The minimum Gasteiger partial charge on any atom is -0.464 e. The summed E-state index contributed by atoms with van der Waals surface area (Å²) in [7, 11) is 0. The minimum atomic E-state index is -0.00682. The molecule has 2 aliphatic rings. The Morgan fingerprint density at radius 3 is 2.74 bits per heavy atom. The Labute approximate surface area is 165 Å². The van der Waals surface area contributed by atoms with E-state index in [1.807, 2.05) is 37.4 Å². The van der Waals surface area contributed by atoms with Gasteiger partial charge in [-0.2, -0.15) is 0 Å². The number of nitrogens with zero attached hydrogens (tertiary/aromatic N) is 3. The Morgan fingerprint density at radius 2 is 2.04 bits per heavy atom. The molecule has 2 aliphatic heterocycles. The Morgan fingerprint density at radius 1 is 1.19 bits per heavy atom. The molecule has 27 heavy (non-hydrogen) atoms. The Kier molecular flexibility index (Phi) is 5.71. The maximum absolute atomic E-state index is 6.00. The first-order chi connectivity index (χ1) is 13.2. The van der Waals surface area contributed by atoms with Crippen LogP contribution in [0.1, 0.15) is 35.7 Å². The molecule has 7 heteroatoms. The van der Waals surface area contributed by atoms with Gasteiger partial charge < -0.3 is 19.4 Å². The van der Waals surface area contributed by atoms with Crippen LogP contribution in [0.2, 0.25) is 0 Å². The van der Waals surface area contributed by atoms with Crippen molar-refractivity contribution in [3.8, 4) is 0 Å². The predicted molar refractivity (Wildman–Crippen MR) is 107 cm³/mol. The van der Waals surface area contributed by atoms with E-state index in [1.54, 1.807) is 0 Å². The van der Waals surface area contributed by atoms with E-state index in [4.69, 9.17) is 21.4 Å². The van der Waals surface area contributed by atoms with Gasteiger partial charge in [0.1, 0.15) is 17.6 Å². The SMILES string of the molecule is Cc1ccc([C@H]2[C@@H](c3ccccn3)NC(=S)N2CCCN2CCOCC2)o1. The van der Waals surface area contributed by atoms with E-state index in [0.29, 0.717) is 0 Å². The zero-order valence-corrected chi connectivity index (χ0v) is 16.5. The first-order valence-electron chi connectivity index (χ1n) is 9.57. The highest BCUT2D eigenvalue weighted by Gasteiger charge is 2.41. The van der Waals surface area contributed by atoms with Crippen molar-refractivity contribution in [1.82, 2.24) is 20.1 Å². The van der Waals surface area contributed by atoms with Gasteiger partial charge in [0, 0.05) is 32.4 Å². The maximum atomic E-state index is 6.00. The number of nitrogens with one attached hydrogen (secondary N) is 1. The summed E-state index contributed by atoms with van der Waals surface area (Å²) in [4.78, 5) is 9.27. The molecule has 144 valence electrons. The number of rotatable bonds is 6. The van der Waals surface area contributed by atoms with Crippen LogP contribution in [0.15, 0.2) is 40.9 Å². The monoisotopic (exact) mass is 386 g/mol. The van der Waals surface area contributed by atoms with Crippen molar-refractivity contribution in [2.45, 2.75) is 25.4 Å². The maximum Gasteiger partial charge on any atom is 0.170 e. The number of furan rings is 1. The van der Waals surface area contributed by atoms with E-state index in [-0.39, 0.29) is 12.1 Å². The first-order valence-corrected chi connectivity index (χ1v) is 9.98. The van der Waals surface area contributed by atoms with Crippen LogP contribution in [0.5, 0.6) is 0 Å². The molecule has 0 spiro atoms. The summed E-state index contributed by atoms with van der Waals surface area (Å²) < 4.78 is 11.4. The average Bonchev–Trinajstić information content (AvgIpc) is 3.27. The van der Waals surface area contributed by atoms with Gasteiger partial charge >= 0.3 is 0 Å². The minimum absolute atomic E-state index is 0.00682. The molecule has 0 bridgehead atoms. The molecular weight excluding hydrogens is 360 g/mol. The molecule has 0 aliphatic carbocycles. The molecule has 4 heterocycles. The van der Waals surface area contributed by atoms with Gasteiger partial charge in [-0.05, 0) is 49.8 Å². The molecule has 2 fully saturated rings. The molecular formula is C20H26N4O2S. The first kappa shape index (κ1) is 18.4. The number of hydrogen-bond acceptors (Lipinski definition) is 5. The van der Waals surface area contributed by atoms with Crippen molar-refractivity contribution < 1.29 is 9.15 Å². The number of aromatic nitrogens is 1. The molecule has 2 aromatic rings. The van der Waals surface area contributed by atoms with Crippen LogP contribution in [-0.4, -0.2) is 59.3 Å². The normalized spacial score (nSPS) is 23.6. The van der Waals surface area contributed by atoms with Crippen LogP contribution < -0.4 is 5.32 Å². The van der Waals surface area contributed by atoms with E-state index < -0.39 is 0 Å². The van der Waals surface area contributed by atoms with Crippen LogP contribution in [0.3, 0.4) is 0 Å². The smallest absolute Gasteiger partial charge is 0.170 e. The fourth-order valence-electron chi connectivity index (χ4n) is 3.86. The molecule has 0 amide bonds. The topological polar surface area (TPSA) is 53.8 Å². The summed E-state index contributed by atoms with van der Waals surface area (Å²) in [5, 5.41) is 4.24. The van der Waals surface area contributed by atoms with Crippen LogP contribution in [-0.2, 0) is 4.74 Å². The largest absolute Gasteiger partial charge is 0.464 e. The predicted octanol–water partition coefficient (Wildman–Crippen LogP) is 2.68. The Hall–Kier alpha value is -1.96. The highest BCUT2D eigenvalue weighted by molar-refractivity contribution is 7.80. The number of ether oxygens (including phenoxy) is 1. The van der Waals surface area contributed by atoms with E-state index in [1.165, 1.54) is 0 Å². The molecule has 0 radical (unpaired) electrons. The van der Waals surface area contributed by atoms with Crippen LogP contribution in [0.25, 0.3) is 0 Å². The van der Waals surface area contributed by atoms with Crippen molar-refractivity contribution in [3.05, 3.63) is 53.7 Å². The average molecular weight is 387 g/mol. The number of morpholine rings is 1. The molecule has 0 saturated carbocycles. The lowest BCUT2D eigenvalue weighted by atomic mass is 10.0. The second-order valence-electron chi connectivity index (χ2n) is 7.08. The van der Waals surface area contributed by atoms with E-state index >= 15 is 0 Å². The number of aryl methyl sites for hydroxylation is 1. The Balaban J connectivity index is 1.50. The van der Waals surface area contributed by atoms with Crippen molar-refractivity contribution in [1.29, 1.82) is 0 Å². The lowest BCUT2D eigenvalue weighted by Gasteiger charge is -2.29.